The third-order valence-electron chi connectivity index (χ3n) is 3.57. The van der Waals surface area contributed by atoms with Crippen molar-refractivity contribution < 1.29 is 35.3 Å². The third-order valence-corrected chi connectivity index (χ3v) is 4.55. The second-order valence-electron chi connectivity index (χ2n) is 6.58. The van der Waals surface area contributed by atoms with Gasteiger partial charge in [-0.05, 0) is 39.2 Å². The van der Waals surface area contributed by atoms with Gasteiger partial charge in [0, 0.05) is 19.0 Å². The fourth-order valence-electron chi connectivity index (χ4n) is 2.60. The highest BCUT2D eigenvalue weighted by molar-refractivity contribution is 7.87. The third kappa shape index (κ3) is 3.91. The Labute approximate surface area is 132 Å². The summed E-state index contributed by atoms with van der Waals surface area (Å²) < 4.78 is 68.8. The lowest BCUT2D eigenvalue weighted by molar-refractivity contribution is -0.0526. The summed E-state index contributed by atoms with van der Waals surface area (Å²) in [4.78, 5) is 13.3. The van der Waals surface area contributed by atoms with E-state index >= 15 is 0 Å². The van der Waals surface area contributed by atoms with E-state index in [0.29, 0.717) is 6.42 Å². The maximum absolute atomic E-state index is 12.4. The largest absolute Gasteiger partial charge is 0.534 e. The van der Waals surface area contributed by atoms with Gasteiger partial charge in [-0.2, -0.15) is 21.6 Å². The van der Waals surface area contributed by atoms with Crippen molar-refractivity contribution in [3.05, 3.63) is 11.8 Å². The number of carbonyl (C=O) groups excluding carboxylic acids is 1. The molecule has 23 heavy (non-hydrogen) atoms. The quantitative estimate of drug-likeness (QED) is 0.561. The highest BCUT2D eigenvalue weighted by atomic mass is 32.2. The first-order valence-electron chi connectivity index (χ1n) is 6.99. The summed E-state index contributed by atoms with van der Waals surface area (Å²) in [5.74, 6) is -0.987. The fourth-order valence-corrected chi connectivity index (χ4v) is 3.14. The SMILES string of the molecule is CC(C)(C)OC(=O)N1C[C@H]2CC=C(OS(=O)(=O)C(F)(F)F)[C@H]2C1. The van der Waals surface area contributed by atoms with E-state index in [9.17, 15) is 26.4 Å². The van der Waals surface area contributed by atoms with Crippen LogP contribution in [0.5, 0.6) is 0 Å². The Bertz CT molecular complexity index is 621. The van der Waals surface area contributed by atoms with Crippen LogP contribution < -0.4 is 0 Å². The number of hydrogen-bond donors (Lipinski definition) is 0. The minimum atomic E-state index is -5.69. The van der Waals surface area contributed by atoms with E-state index in [-0.39, 0.29) is 24.8 Å². The molecule has 6 nitrogen and oxygen atoms in total. The van der Waals surface area contributed by atoms with Gasteiger partial charge in [0.25, 0.3) is 0 Å². The van der Waals surface area contributed by atoms with Gasteiger partial charge in [-0.15, -0.1) is 0 Å². The minimum Gasteiger partial charge on any atom is -0.444 e. The van der Waals surface area contributed by atoms with Gasteiger partial charge in [-0.25, -0.2) is 4.79 Å². The molecule has 0 bridgehead atoms. The average molecular weight is 357 g/mol. The molecule has 1 amide bonds. The zero-order chi connectivity index (χ0) is 17.6. The predicted molar refractivity (Wildman–Crippen MR) is 73.5 cm³/mol. The zero-order valence-corrected chi connectivity index (χ0v) is 13.7. The molecule has 0 unspecified atom stereocenters. The van der Waals surface area contributed by atoms with E-state index in [1.807, 2.05) is 0 Å². The fraction of sp³-hybridized carbons (Fsp3) is 0.769. The maximum atomic E-state index is 12.4. The number of nitrogens with zero attached hydrogens (tertiary/aromatic N) is 1. The van der Waals surface area contributed by atoms with Crippen molar-refractivity contribution in [2.75, 3.05) is 13.1 Å². The van der Waals surface area contributed by atoms with Crippen LogP contribution >= 0.6 is 0 Å². The number of carbonyl (C=O) groups is 1. The summed E-state index contributed by atoms with van der Waals surface area (Å²) in [6, 6.07) is 0. The van der Waals surface area contributed by atoms with Crippen LogP contribution in [0.4, 0.5) is 18.0 Å². The molecule has 0 aromatic rings. The van der Waals surface area contributed by atoms with E-state index in [2.05, 4.69) is 4.18 Å². The molecule has 0 saturated carbocycles. The van der Waals surface area contributed by atoms with Crippen molar-refractivity contribution >= 4 is 16.2 Å². The molecular formula is C13H18F3NO5S. The first kappa shape index (κ1) is 17.9. The number of hydrogen-bond acceptors (Lipinski definition) is 5. The number of fused-ring (bicyclic) bond motifs is 1. The molecule has 0 N–H and O–H groups in total. The second-order valence-corrected chi connectivity index (χ2v) is 8.12. The summed E-state index contributed by atoms with van der Waals surface area (Å²) in [5.41, 5.74) is -6.17. The van der Waals surface area contributed by atoms with E-state index < -0.39 is 33.2 Å². The molecule has 2 rings (SSSR count). The van der Waals surface area contributed by atoms with Gasteiger partial charge < -0.3 is 13.8 Å². The van der Waals surface area contributed by atoms with Crippen molar-refractivity contribution in [1.82, 2.24) is 4.90 Å². The van der Waals surface area contributed by atoms with E-state index in [1.165, 1.54) is 11.0 Å². The highest BCUT2D eigenvalue weighted by Crippen LogP contribution is 2.41. The number of rotatable bonds is 2. The molecule has 2 atom stereocenters. The monoisotopic (exact) mass is 357 g/mol. The number of halogens is 3. The first-order valence-corrected chi connectivity index (χ1v) is 8.40. The summed E-state index contributed by atoms with van der Waals surface area (Å²) in [5, 5.41) is 0. The molecular weight excluding hydrogens is 339 g/mol. The number of amides is 1. The number of likely N-dealkylation sites (tertiary alicyclic amines) is 1. The van der Waals surface area contributed by atoms with Gasteiger partial charge in [0.1, 0.15) is 11.4 Å². The van der Waals surface area contributed by atoms with Crippen LogP contribution in [0.15, 0.2) is 11.8 Å². The van der Waals surface area contributed by atoms with E-state index in [0.717, 1.165) is 0 Å². The minimum absolute atomic E-state index is 0.0682. The molecule has 1 fully saturated rings. The van der Waals surface area contributed by atoms with Crippen molar-refractivity contribution in [1.29, 1.82) is 0 Å². The summed E-state index contributed by atoms with van der Waals surface area (Å²) >= 11 is 0. The lowest BCUT2D eigenvalue weighted by Gasteiger charge is -2.24. The van der Waals surface area contributed by atoms with Crippen LogP contribution in [-0.4, -0.2) is 43.6 Å². The van der Waals surface area contributed by atoms with Gasteiger partial charge in [0.2, 0.25) is 0 Å². The van der Waals surface area contributed by atoms with Crippen LogP contribution in [0, 0.1) is 11.8 Å². The maximum Gasteiger partial charge on any atom is 0.534 e. The van der Waals surface area contributed by atoms with Crippen molar-refractivity contribution in [3.8, 4) is 0 Å². The average Bonchev–Trinajstić information content (AvgIpc) is 2.87. The molecule has 0 aromatic heterocycles. The molecule has 0 radical (unpaired) electrons. The van der Waals surface area contributed by atoms with Gasteiger partial charge in [0.15, 0.2) is 0 Å². The Morgan fingerprint density at radius 1 is 1.26 bits per heavy atom. The van der Waals surface area contributed by atoms with Crippen LogP contribution in [0.25, 0.3) is 0 Å². The molecule has 132 valence electrons. The van der Waals surface area contributed by atoms with Gasteiger partial charge in [-0.1, -0.05) is 0 Å². The molecule has 1 aliphatic heterocycles. The molecule has 1 saturated heterocycles. The Kier molecular flexibility index (Phi) is 4.33. The number of ether oxygens (including phenoxy) is 1. The Morgan fingerprint density at radius 2 is 1.87 bits per heavy atom. The smallest absolute Gasteiger partial charge is 0.444 e. The number of alkyl halides is 3. The van der Waals surface area contributed by atoms with Crippen LogP contribution in [0.2, 0.25) is 0 Å². The molecule has 10 heteroatoms. The Morgan fingerprint density at radius 3 is 2.39 bits per heavy atom. The summed E-state index contributed by atoms with van der Waals surface area (Å²) in [6.07, 6.45) is 1.11. The summed E-state index contributed by atoms with van der Waals surface area (Å²) in [6.45, 7) is 5.46. The lowest BCUT2D eigenvalue weighted by Crippen LogP contribution is -2.36. The molecule has 2 aliphatic rings. The van der Waals surface area contributed by atoms with Gasteiger partial charge >= 0.3 is 21.7 Å². The second kappa shape index (κ2) is 5.57. The number of allylic oxidation sites excluding steroid dienone is 1. The highest BCUT2D eigenvalue weighted by Gasteiger charge is 2.51. The van der Waals surface area contributed by atoms with E-state index in [4.69, 9.17) is 4.74 Å². The van der Waals surface area contributed by atoms with Crippen molar-refractivity contribution in [2.45, 2.75) is 38.3 Å². The topological polar surface area (TPSA) is 72.9 Å². The molecule has 1 heterocycles. The standard InChI is InChI=1S/C13H18F3NO5S/c1-12(2,3)21-11(18)17-6-8-4-5-10(9(8)7-17)22-23(19,20)13(14,15)16/h5,8-9H,4,6-7H2,1-3H3/t8-,9+/m1/s1. The Hall–Kier alpha value is -1.45. The lowest BCUT2D eigenvalue weighted by atomic mass is 9.99. The van der Waals surface area contributed by atoms with E-state index in [1.54, 1.807) is 20.8 Å². The van der Waals surface area contributed by atoms with Gasteiger partial charge in [0.05, 0.1) is 0 Å². The summed E-state index contributed by atoms with van der Waals surface area (Å²) in [7, 11) is -5.69. The van der Waals surface area contributed by atoms with Crippen molar-refractivity contribution in [2.24, 2.45) is 11.8 Å². The molecule has 1 aliphatic carbocycles. The predicted octanol–water partition coefficient (Wildman–Crippen LogP) is 2.62. The normalized spacial score (nSPS) is 25.1. The molecule has 0 aromatic carbocycles. The van der Waals surface area contributed by atoms with Crippen LogP contribution in [0.1, 0.15) is 27.2 Å². The Balaban J connectivity index is 2.04. The van der Waals surface area contributed by atoms with Crippen LogP contribution in [0.3, 0.4) is 0 Å². The zero-order valence-electron chi connectivity index (χ0n) is 12.9. The molecule has 0 spiro atoms. The van der Waals surface area contributed by atoms with Crippen molar-refractivity contribution in [3.63, 3.8) is 0 Å². The van der Waals surface area contributed by atoms with Gasteiger partial charge in [-0.3, -0.25) is 0 Å². The first-order chi connectivity index (χ1) is 10.3. The van der Waals surface area contributed by atoms with Crippen LogP contribution in [-0.2, 0) is 19.0 Å².